The maximum Gasteiger partial charge on any atom is 0.241 e. The van der Waals surface area contributed by atoms with E-state index in [9.17, 15) is 4.79 Å². The number of nitrogens with one attached hydrogen (secondary N) is 3. The SMILES string of the molecule is COc1cc2ncnc(Nc3ccc(N4CCCCC4)cc3)c2cc1NC(=O)C1CCCN1. The van der Waals surface area contributed by atoms with Crippen molar-refractivity contribution in [2.45, 2.75) is 38.1 Å². The molecule has 0 spiro atoms. The molecule has 3 heterocycles. The summed E-state index contributed by atoms with van der Waals surface area (Å²) in [5.41, 5.74) is 3.56. The van der Waals surface area contributed by atoms with Gasteiger partial charge < -0.3 is 25.6 Å². The van der Waals surface area contributed by atoms with Crippen molar-refractivity contribution in [3.05, 3.63) is 42.7 Å². The van der Waals surface area contributed by atoms with Crippen LogP contribution in [0.3, 0.4) is 0 Å². The Bertz CT molecular complexity index is 1120. The van der Waals surface area contributed by atoms with E-state index >= 15 is 0 Å². The zero-order valence-corrected chi connectivity index (χ0v) is 18.9. The first-order valence-corrected chi connectivity index (χ1v) is 11.7. The Morgan fingerprint density at radius 2 is 1.91 bits per heavy atom. The molecule has 2 aliphatic rings. The van der Waals surface area contributed by atoms with Crippen LogP contribution in [0.1, 0.15) is 32.1 Å². The third kappa shape index (κ3) is 4.71. The lowest BCUT2D eigenvalue weighted by molar-refractivity contribution is -0.117. The van der Waals surface area contributed by atoms with Crippen LogP contribution in [0.5, 0.6) is 5.75 Å². The first kappa shape index (κ1) is 21.5. The summed E-state index contributed by atoms with van der Waals surface area (Å²) in [4.78, 5) is 24.0. The molecule has 1 atom stereocenters. The molecule has 2 saturated heterocycles. The van der Waals surface area contributed by atoms with E-state index in [-0.39, 0.29) is 11.9 Å². The van der Waals surface area contributed by atoms with E-state index in [0.29, 0.717) is 17.3 Å². The van der Waals surface area contributed by atoms with Gasteiger partial charge >= 0.3 is 0 Å². The molecule has 1 aromatic heterocycles. The van der Waals surface area contributed by atoms with Crippen LogP contribution in [-0.4, -0.2) is 48.7 Å². The highest BCUT2D eigenvalue weighted by Gasteiger charge is 2.23. The molecule has 172 valence electrons. The predicted molar refractivity (Wildman–Crippen MR) is 132 cm³/mol. The molecule has 33 heavy (non-hydrogen) atoms. The van der Waals surface area contributed by atoms with Crippen LogP contribution < -0.4 is 25.6 Å². The Morgan fingerprint density at radius 3 is 2.64 bits per heavy atom. The fourth-order valence-corrected chi connectivity index (χ4v) is 4.62. The van der Waals surface area contributed by atoms with Crippen molar-refractivity contribution in [2.75, 3.05) is 42.3 Å². The fourth-order valence-electron chi connectivity index (χ4n) is 4.62. The van der Waals surface area contributed by atoms with Crippen molar-refractivity contribution < 1.29 is 9.53 Å². The van der Waals surface area contributed by atoms with Crippen LogP contribution in [0.4, 0.5) is 22.9 Å². The minimum atomic E-state index is -0.173. The van der Waals surface area contributed by atoms with E-state index in [4.69, 9.17) is 4.74 Å². The summed E-state index contributed by atoms with van der Waals surface area (Å²) in [5.74, 6) is 1.21. The zero-order valence-electron chi connectivity index (χ0n) is 18.9. The summed E-state index contributed by atoms with van der Waals surface area (Å²) in [6.45, 7) is 3.11. The molecule has 8 heteroatoms. The first-order valence-electron chi connectivity index (χ1n) is 11.7. The van der Waals surface area contributed by atoms with E-state index in [0.717, 1.165) is 49.1 Å². The van der Waals surface area contributed by atoms with Crippen LogP contribution in [0.2, 0.25) is 0 Å². The zero-order chi connectivity index (χ0) is 22.6. The molecule has 2 aliphatic heterocycles. The summed E-state index contributed by atoms with van der Waals surface area (Å²) < 4.78 is 5.53. The summed E-state index contributed by atoms with van der Waals surface area (Å²) in [6, 6.07) is 12.0. The molecule has 0 bridgehead atoms. The lowest BCUT2D eigenvalue weighted by Crippen LogP contribution is -2.35. The number of amides is 1. The topological polar surface area (TPSA) is 91.4 Å². The van der Waals surface area contributed by atoms with Gasteiger partial charge in [0.2, 0.25) is 5.91 Å². The van der Waals surface area contributed by atoms with Crippen LogP contribution in [0.25, 0.3) is 10.9 Å². The number of aromatic nitrogens is 2. The summed E-state index contributed by atoms with van der Waals surface area (Å²) in [7, 11) is 1.59. The molecule has 5 rings (SSSR count). The summed E-state index contributed by atoms with van der Waals surface area (Å²) in [6.07, 6.45) is 7.21. The van der Waals surface area contributed by atoms with Gasteiger partial charge in [0, 0.05) is 35.9 Å². The van der Waals surface area contributed by atoms with Gasteiger partial charge in [0.25, 0.3) is 0 Å². The maximum atomic E-state index is 12.7. The normalized spacial score (nSPS) is 18.3. The van der Waals surface area contributed by atoms with Gasteiger partial charge in [-0.25, -0.2) is 9.97 Å². The number of nitrogens with zero attached hydrogens (tertiary/aromatic N) is 3. The second-order valence-corrected chi connectivity index (χ2v) is 8.65. The highest BCUT2D eigenvalue weighted by atomic mass is 16.5. The van der Waals surface area contributed by atoms with Crippen molar-refractivity contribution in [1.82, 2.24) is 15.3 Å². The lowest BCUT2D eigenvalue weighted by atomic mass is 10.1. The largest absolute Gasteiger partial charge is 0.494 e. The number of ether oxygens (including phenoxy) is 1. The molecular formula is C25H30N6O2. The van der Waals surface area contributed by atoms with Gasteiger partial charge in [-0.3, -0.25) is 4.79 Å². The number of rotatable bonds is 6. The second-order valence-electron chi connectivity index (χ2n) is 8.65. The summed E-state index contributed by atoms with van der Waals surface area (Å²) >= 11 is 0. The van der Waals surface area contributed by atoms with Crippen LogP contribution in [0, 0.1) is 0 Å². The molecule has 3 aromatic rings. The van der Waals surface area contributed by atoms with Crippen molar-refractivity contribution in [3.8, 4) is 5.75 Å². The second kappa shape index (κ2) is 9.62. The molecule has 1 unspecified atom stereocenters. The standard InChI is InChI=1S/C25H30N6O2/c1-33-23-15-21-19(14-22(23)30-25(32)20-6-5-11-26-20)24(28-16-27-21)29-17-7-9-18(10-8-17)31-12-3-2-4-13-31/h7-10,14-16,20,26H,2-6,11-13H2,1H3,(H,30,32)(H,27,28,29). The average Bonchev–Trinajstić information content (AvgIpc) is 3.40. The maximum absolute atomic E-state index is 12.7. The summed E-state index contributed by atoms with van der Waals surface area (Å²) in [5, 5.41) is 10.5. The molecule has 0 saturated carbocycles. The fraction of sp³-hybridized carbons (Fsp3) is 0.400. The van der Waals surface area contributed by atoms with Crippen LogP contribution in [-0.2, 0) is 4.79 Å². The smallest absolute Gasteiger partial charge is 0.241 e. The van der Waals surface area contributed by atoms with Crippen molar-refractivity contribution >= 4 is 39.7 Å². The van der Waals surface area contributed by atoms with Crippen LogP contribution in [0.15, 0.2) is 42.7 Å². The number of benzene rings is 2. The molecule has 2 aromatic carbocycles. The van der Waals surface area contributed by atoms with Gasteiger partial charge in [-0.15, -0.1) is 0 Å². The number of hydrogen-bond donors (Lipinski definition) is 3. The first-order chi connectivity index (χ1) is 16.2. The predicted octanol–water partition coefficient (Wildman–Crippen LogP) is 4.06. The third-order valence-electron chi connectivity index (χ3n) is 6.44. The number of carbonyl (C=O) groups is 1. The highest BCUT2D eigenvalue weighted by Crippen LogP contribution is 2.33. The Balaban J connectivity index is 1.40. The van der Waals surface area contributed by atoms with Crippen molar-refractivity contribution in [3.63, 3.8) is 0 Å². The van der Waals surface area contributed by atoms with Gasteiger partial charge in [0.05, 0.1) is 24.4 Å². The van der Waals surface area contributed by atoms with Gasteiger partial charge in [0.1, 0.15) is 17.9 Å². The Hall–Kier alpha value is -3.39. The molecular weight excluding hydrogens is 416 g/mol. The number of carbonyl (C=O) groups excluding carboxylic acids is 1. The van der Waals surface area contributed by atoms with Gasteiger partial charge in [-0.05, 0) is 69.0 Å². The third-order valence-corrected chi connectivity index (χ3v) is 6.44. The molecule has 0 radical (unpaired) electrons. The Labute approximate surface area is 193 Å². The van der Waals surface area contributed by atoms with Crippen molar-refractivity contribution in [1.29, 1.82) is 0 Å². The molecule has 1 amide bonds. The molecule has 8 nitrogen and oxygen atoms in total. The van der Waals surface area contributed by atoms with Crippen LogP contribution >= 0.6 is 0 Å². The monoisotopic (exact) mass is 446 g/mol. The van der Waals surface area contributed by atoms with E-state index in [2.05, 4.69) is 55.1 Å². The minimum Gasteiger partial charge on any atom is -0.494 e. The Morgan fingerprint density at radius 1 is 1.09 bits per heavy atom. The number of anilines is 4. The molecule has 3 N–H and O–H groups in total. The quantitative estimate of drug-likeness (QED) is 0.526. The van der Waals surface area contributed by atoms with Crippen molar-refractivity contribution in [2.24, 2.45) is 0 Å². The number of methoxy groups -OCH3 is 1. The number of piperidine rings is 1. The van der Waals surface area contributed by atoms with E-state index < -0.39 is 0 Å². The minimum absolute atomic E-state index is 0.0511. The van der Waals surface area contributed by atoms with E-state index in [1.54, 1.807) is 7.11 Å². The van der Waals surface area contributed by atoms with E-state index in [1.165, 1.54) is 31.3 Å². The lowest BCUT2D eigenvalue weighted by Gasteiger charge is -2.28. The van der Waals surface area contributed by atoms with Gasteiger partial charge in [0.15, 0.2) is 0 Å². The van der Waals surface area contributed by atoms with E-state index in [1.807, 2.05) is 12.1 Å². The Kier molecular flexibility index (Phi) is 6.26. The number of fused-ring (bicyclic) bond motifs is 1. The highest BCUT2D eigenvalue weighted by molar-refractivity contribution is 6.01. The molecule has 0 aliphatic carbocycles. The van der Waals surface area contributed by atoms with Gasteiger partial charge in [-0.1, -0.05) is 0 Å². The molecule has 2 fully saturated rings. The number of hydrogen-bond acceptors (Lipinski definition) is 7. The van der Waals surface area contributed by atoms with Gasteiger partial charge in [-0.2, -0.15) is 0 Å². The average molecular weight is 447 g/mol.